The molecule has 0 saturated carbocycles. The first-order valence-electron chi connectivity index (χ1n) is 5.33. The van der Waals surface area contributed by atoms with Gasteiger partial charge in [-0.15, -0.1) is 0 Å². The molecule has 2 aliphatic heterocycles. The van der Waals surface area contributed by atoms with Gasteiger partial charge in [0.1, 0.15) is 0 Å². The van der Waals surface area contributed by atoms with Crippen molar-refractivity contribution in [2.45, 2.75) is 25.7 Å². The second kappa shape index (κ2) is 4.60. The molecular weight excluding hydrogens is 180 g/mol. The highest BCUT2D eigenvalue weighted by Gasteiger charge is 2.26. The summed E-state index contributed by atoms with van der Waals surface area (Å²) in [5.74, 6) is 0.754. The number of rotatable bonds is 2. The molecule has 0 N–H and O–H groups in total. The molecule has 0 aliphatic carbocycles. The van der Waals surface area contributed by atoms with Gasteiger partial charge in [0, 0.05) is 12.5 Å². The second-order valence-electron chi connectivity index (χ2n) is 3.84. The number of hydrogen-bond donors (Lipinski definition) is 0. The average Bonchev–Trinajstić information content (AvgIpc) is 2.30. The third-order valence-corrected chi connectivity index (χ3v) is 2.71. The van der Waals surface area contributed by atoms with Gasteiger partial charge in [-0.05, 0) is 31.8 Å². The maximum absolute atomic E-state index is 11.9. The quantitative estimate of drug-likeness (QED) is 0.674. The fourth-order valence-corrected chi connectivity index (χ4v) is 1.88. The van der Waals surface area contributed by atoms with E-state index in [1.165, 1.54) is 0 Å². The van der Waals surface area contributed by atoms with Crippen molar-refractivity contribution in [3.63, 3.8) is 0 Å². The lowest BCUT2D eigenvalue weighted by molar-refractivity contribution is -0.126. The Bertz CT molecular complexity index is 239. The van der Waals surface area contributed by atoms with E-state index in [9.17, 15) is 4.79 Å². The second-order valence-corrected chi connectivity index (χ2v) is 3.84. The van der Waals surface area contributed by atoms with Crippen molar-refractivity contribution in [1.82, 2.24) is 0 Å². The Balaban J connectivity index is 1.95. The summed E-state index contributed by atoms with van der Waals surface area (Å²) in [5.41, 5.74) is 0. The third kappa shape index (κ3) is 2.15. The van der Waals surface area contributed by atoms with Crippen LogP contribution in [0, 0.1) is 5.92 Å². The van der Waals surface area contributed by atoms with Crippen molar-refractivity contribution in [2.75, 3.05) is 19.8 Å². The fraction of sp³-hybridized carbons (Fsp3) is 0.727. The fourth-order valence-electron chi connectivity index (χ4n) is 1.88. The zero-order valence-electron chi connectivity index (χ0n) is 8.33. The topological polar surface area (TPSA) is 35.5 Å². The standard InChI is InChI=1S/C11H16O3/c12-11(9-4-3-6-13-8-9)10-5-1-2-7-14-10/h5,9H,1-4,6-8H2. The highest BCUT2D eigenvalue weighted by molar-refractivity contribution is 5.95. The number of Topliss-reactive ketones (excluding diaryl/α,β-unsaturated/α-hetero) is 1. The molecule has 0 amide bonds. The van der Waals surface area contributed by atoms with Gasteiger partial charge in [-0.2, -0.15) is 0 Å². The molecule has 1 atom stereocenters. The lowest BCUT2D eigenvalue weighted by Gasteiger charge is -2.23. The number of hydrogen-bond acceptors (Lipinski definition) is 3. The molecule has 0 aromatic rings. The van der Waals surface area contributed by atoms with Gasteiger partial charge < -0.3 is 9.47 Å². The minimum atomic E-state index is 0.0353. The van der Waals surface area contributed by atoms with E-state index in [-0.39, 0.29) is 11.7 Å². The molecule has 0 aromatic carbocycles. The van der Waals surface area contributed by atoms with Crippen molar-refractivity contribution in [3.8, 4) is 0 Å². The molecule has 3 heteroatoms. The first-order chi connectivity index (χ1) is 6.88. The van der Waals surface area contributed by atoms with Gasteiger partial charge in [-0.1, -0.05) is 0 Å². The minimum absolute atomic E-state index is 0.0353. The van der Waals surface area contributed by atoms with Gasteiger partial charge in [-0.3, -0.25) is 4.79 Å². The summed E-state index contributed by atoms with van der Waals surface area (Å²) >= 11 is 0. The summed E-state index contributed by atoms with van der Waals surface area (Å²) < 4.78 is 10.6. The van der Waals surface area contributed by atoms with Gasteiger partial charge in [-0.25, -0.2) is 0 Å². The lowest BCUT2D eigenvalue weighted by Crippen LogP contribution is -2.28. The Morgan fingerprint density at radius 2 is 2.29 bits per heavy atom. The summed E-state index contributed by atoms with van der Waals surface area (Å²) in [6, 6.07) is 0. The van der Waals surface area contributed by atoms with E-state index in [4.69, 9.17) is 9.47 Å². The van der Waals surface area contributed by atoms with Crippen LogP contribution in [-0.2, 0) is 14.3 Å². The molecule has 0 bridgehead atoms. The number of carbonyl (C=O) groups is 1. The van der Waals surface area contributed by atoms with Crippen LogP contribution in [0.5, 0.6) is 0 Å². The monoisotopic (exact) mass is 196 g/mol. The van der Waals surface area contributed by atoms with E-state index in [2.05, 4.69) is 0 Å². The summed E-state index contributed by atoms with van der Waals surface area (Å²) in [7, 11) is 0. The van der Waals surface area contributed by atoms with E-state index in [1.807, 2.05) is 6.08 Å². The van der Waals surface area contributed by atoms with Crippen LogP contribution in [0.15, 0.2) is 11.8 Å². The number of allylic oxidation sites excluding steroid dienone is 2. The third-order valence-electron chi connectivity index (χ3n) is 2.71. The van der Waals surface area contributed by atoms with Gasteiger partial charge in [0.05, 0.1) is 13.2 Å². The Morgan fingerprint density at radius 3 is 2.93 bits per heavy atom. The van der Waals surface area contributed by atoms with Crippen LogP contribution in [0.1, 0.15) is 25.7 Å². The SMILES string of the molecule is O=C(C1=CCCCO1)C1CCCOC1. The van der Waals surface area contributed by atoms with Crippen LogP contribution < -0.4 is 0 Å². The first kappa shape index (κ1) is 9.71. The molecule has 2 rings (SSSR count). The van der Waals surface area contributed by atoms with Crippen LogP contribution in [0.2, 0.25) is 0 Å². The van der Waals surface area contributed by atoms with Crippen molar-refractivity contribution >= 4 is 5.78 Å². The van der Waals surface area contributed by atoms with Crippen LogP contribution in [0.4, 0.5) is 0 Å². The molecular formula is C11H16O3. The van der Waals surface area contributed by atoms with Crippen LogP contribution in [0.3, 0.4) is 0 Å². The molecule has 0 spiro atoms. The van der Waals surface area contributed by atoms with Crippen molar-refractivity contribution < 1.29 is 14.3 Å². The molecule has 78 valence electrons. The van der Waals surface area contributed by atoms with E-state index in [0.29, 0.717) is 19.0 Å². The van der Waals surface area contributed by atoms with Crippen molar-refractivity contribution in [1.29, 1.82) is 0 Å². The van der Waals surface area contributed by atoms with Gasteiger partial charge >= 0.3 is 0 Å². The molecule has 3 nitrogen and oxygen atoms in total. The van der Waals surface area contributed by atoms with E-state index in [1.54, 1.807) is 0 Å². The normalized spacial score (nSPS) is 27.7. The molecule has 1 unspecified atom stereocenters. The maximum Gasteiger partial charge on any atom is 0.202 e. The number of ether oxygens (including phenoxy) is 2. The molecule has 14 heavy (non-hydrogen) atoms. The Morgan fingerprint density at radius 1 is 1.36 bits per heavy atom. The molecule has 1 fully saturated rings. The van der Waals surface area contributed by atoms with Crippen molar-refractivity contribution in [2.24, 2.45) is 5.92 Å². The minimum Gasteiger partial charge on any atom is -0.490 e. The zero-order chi connectivity index (χ0) is 9.80. The summed E-state index contributed by atoms with van der Waals surface area (Å²) in [6.45, 7) is 2.05. The van der Waals surface area contributed by atoms with Gasteiger partial charge in [0.15, 0.2) is 5.76 Å². The lowest BCUT2D eigenvalue weighted by atomic mass is 9.95. The average molecular weight is 196 g/mol. The smallest absolute Gasteiger partial charge is 0.202 e. The van der Waals surface area contributed by atoms with Gasteiger partial charge in [0.2, 0.25) is 5.78 Å². The molecule has 0 radical (unpaired) electrons. The Hall–Kier alpha value is -0.830. The molecule has 1 saturated heterocycles. The summed E-state index contributed by atoms with van der Waals surface area (Å²) in [6.07, 6.45) is 5.84. The van der Waals surface area contributed by atoms with Crippen LogP contribution in [0.25, 0.3) is 0 Å². The maximum atomic E-state index is 11.9. The highest BCUT2D eigenvalue weighted by Crippen LogP contribution is 2.21. The van der Waals surface area contributed by atoms with Crippen molar-refractivity contribution in [3.05, 3.63) is 11.8 Å². The van der Waals surface area contributed by atoms with E-state index in [0.717, 1.165) is 32.3 Å². The predicted molar refractivity (Wildman–Crippen MR) is 51.8 cm³/mol. The summed E-state index contributed by atoms with van der Waals surface area (Å²) in [5, 5.41) is 0. The van der Waals surface area contributed by atoms with Crippen LogP contribution in [-0.4, -0.2) is 25.6 Å². The Kier molecular flexibility index (Phi) is 3.19. The van der Waals surface area contributed by atoms with Crippen LogP contribution >= 0.6 is 0 Å². The van der Waals surface area contributed by atoms with E-state index >= 15 is 0 Å². The number of ketones is 1. The highest BCUT2D eigenvalue weighted by atomic mass is 16.5. The molecule has 2 aliphatic rings. The summed E-state index contributed by atoms with van der Waals surface area (Å²) in [4.78, 5) is 11.9. The Labute approximate surface area is 84.1 Å². The first-order valence-corrected chi connectivity index (χ1v) is 5.33. The largest absolute Gasteiger partial charge is 0.490 e. The molecule has 0 aromatic heterocycles. The molecule has 2 heterocycles. The van der Waals surface area contributed by atoms with E-state index < -0.39 is 0 Å². The van der Waals surface area contributed by atoms with Gasteiger partial charge in [0.25, 0.3) is 0 Å². The predicted octanol–water partition coefficient (Wildman–Crippen LogP) is 1.68. The zero-order valence-corrected chi connectivity index (χ0v) is 8.33. The number of carbonyl (C=O) groups excluding carboxylic acids is 1.